The summed E-state index contributed by atoms with van der Waals surface area (Å²) in [5.41, 5.74) is 6.24. The molecule has 0 aromatic heterocycles. The molecule has 0 saturated heterocycles. The molecule has 192 valence electrons. The summed E-state index contributed by atoms with van der Waals surface area (Å²) >= 11 is 0. The molecular weight excluding hydrogens is 466 g/mol. The van der Waals surface area contributed by atoms with Crippen molar-refractivity contribution in [2.75, 3.05) is 7.11 Å². The Morgan fingerprint density at radius 2 is 1.55 bits per heavy atom. The van der Waals surface area contributed by atoms with E-state index in [0.29, 0.717) is 5.75 Å². The van der Waals surface area contributed by atoms with Gasteiger partial charge in [-0.1, -0.05) is 54.6 Å². The first-order chi connectivity index (χ1) is 18.5. The maximum absolute atomic E-state index is 11.6. The molecule has 3 heteroatoms. The van der Waals surface area contributed by atoms with Crippen LogP contribution in [0.5, 0.6) is 11.5 Å². The third-order valence-corrected chi connectivity index (χ3v) is 9.52. The lowest BCUT2D eigenvalue weighted by Gasteiger charge is -2.57. The van der Waals surface area contributed by atoms with Gasteiger partial charge < -0.3 is 9.84 Å². The van der Waals surface area contributed by atoms with Crippen LogP contribution < -0.4 is 4.74 Å². The summed E-state index contributed by atoms with van der Waals surface area (Å²) in [6.07, 6.45) is 9.75. The zero-order valence-electron chi connectivity index (χ0n) is 22.3. The molecule has 4 aromatic rings. The third kappa shape index (κ3) is 3.83. The first-order valence-corrected chi connectivity index (χ1v) is 14.1. The number of benzene rings is 4. The molecule has 4 aliphatic carbocycles. The molecule has 38 heavy (non-hydrogen) atoms. The number of aliphatic imine (C=N–C) groups is 1. The predicted molar refractivity (Wildman–Crippen MR) is 156 cm³/mol. The van der Waals surface area contributed by atoms with Crippen LogP contribution in [-0.2, 0) is 5.41 Å². The van der Waals surface area contributed by atoms with E-state index in [1.807, 2.05) is 30.5 Å². The number of methoxy groups -OCH3 is 1. The molecule has 0 spiro atoms. The molecule has 0 amide bonds. The van der Waals surface area contributed by atoms with Gasteiger partial charge in [0.15, 0.2) is 0 Å². The molecule has 0 unspecified atom stereocenters. The zero-order chi connectivity index (χ0) is 25.9. The molecule has 4 saturated carbocycles. The molecule has 4 bridgehead atoms. The fourth-order valence-corrected chi connectivity index (χ4v) is 8.39. The summed E-state index contributed by atoms with van der Waals surface area (Å²) in [5.74, 6) is 3.76. The van der Waals surface area contributed by atoms with Crippen LogP contribution in [-0.4, -0.2) is 18.4 Å². The minimum absolute atomic E-state index is 0.141. The van der Waals surface area contributed by atoms with E-state index in [9.17, 15) is 5.11 Å². The molecule has 0 heterocycles. The van der Waals surface area contributed by atoms with Gasteiger partial charge in [0.2, 0.25) is 0 Å². The first kappa shape index (κ1) is 23.5. The molecule has 8 rings (SSSR count). The molecule has 4 fully saturated rings. The van der Waals surface area contributed by atoms with Crippen LogP contribution in [0.4, 0.5) is 5.69 Å². The monoisotopic (exact) mass is 501 g/mol. The highest BCUT2D eigenvalue weighted by Gasteiger charge is 2.52. The van der Waals surface area contributed by atoms with Gasteiger partial charge in [0.1, 0.15) is 11.5 Å². The highest BCUT2D eigenvalue weighted by molar-refractivity contribution is 6.02. The molecule has 0 radical (unpaired) electrons. The van der Waals surface area contributed by atoms with Crippen LogP contribution in [0.25, 0.3) is 21.9 Å². The van der Waals surface area contributed by atoms with Crippen molar-refractivity contribution in [3.63, 3.8) is 0 Å². The first-order valence-electron chi connectivity index (χ1n) is 14.1. The summed E-state index contributed by atoms with van der Waals surface area (Å²) in [4.78, 5) is 4.98. The van der Waals surface area contributed by atoms with Gasteiger partial charge in [-0.25, -0.2) is 0 Å². The topological polar surface area (TPSA) is 41.8 Å². The Morgan fingerprint density at radius 3 is 2.29 bits per heavy atom. The second kappa shape index (κ2) is 9.01. The van der Waals surface area contributed by atoms with E-state index in [2.05, 4.69) is 55.5 Å². The lowest BCUT2D eigenvalue weighted by molar-refractivity contribution is -0.00616. The summed E-state index contributed by atoms with van der Waals surface area (Å²) in [5, 5.41) is 14.0. The van der Waals surface area contributed by atoms with E-state index in [4.69, 9.17) is 9.73 Å². The molecule has 0 aliphatic heterocycles. The maximum atomic E-state index is 11.6. The standard InChI is InChI=1S/C35H35NO2/c1-22-13-27(34(37)30(14-22)35-18-23-15-24(19-35)17-25(16-23)20-35)21-36-31-10-6-5-9-29(31)33-28-8-4-3-7-26(28)11-12-32(33)38-2/h3-14,21,23-25,37H,15-20H2,1-2H3. The smallest absolute Gasteiger partial charge is 0.128 e. The van der Waals surface area contributed by atoms with E-state index in [1.54, 1.807) is 7.11 Å². The Kier molecular flexibility index (Phi) is 5.58. The van der Waals surface area contributed by atoms with Gasteiger partial charge in [0, 0.05) is 28.5 Å². The van der Waals surface area contributed by atoms with Crippen molar-refractivity contribution in [2.45, 2.75) is 50.9 Å². The number of hydrogen-bond donors (Lipinski definition) is 1. The van der Waals surface area contributed by atoms with Gasteiger partial charge in [-0.15, -0.1) is 0 Å². The van der Waals surface area contributed by atoms with E-state index < -0.39 is 0 Å². The Morgan fingerprint density at radius 1 is 0.868 bits per heavy atom. The van der Waals surface area contributed by atoms with Crippen molar-refractivity contribution in [2.24, 2.45) is 22.7 Å². The fraction of sp³-hybridized carbons (Fsp3) is 0.343. The second-order valence-corrected chi connectivity index (χ2v) is 12.1. The molecule has 1 N–H and O–H groups in total. The minimum Gasteiger partial charge on any atom is -0.507 e. The Balaban J connectivity index is 1.31. The van der Waals surface area contributed by atoms with Crippen molar-refractivity contribution in [3.05, 3.63) is 89.5 Å². The molecular formula is C35H35NO2. The number of hydrogen-bond acceptors (Lipinski definition) is 3. The third-order valence-electron chi connectivity index (χ3n) is 9.52. The number of ether oxygens (including phenoxy) is 1. The van der Waals surface area contributed by atoms with E-state index in [1.165, 1.54) is 55.0 Å². The summed E-state index contributed by atoms with van der Waals surface area (Å²) in [7, 11) is 1.72. The van der Waals surface area contributed by atoms with Gasteiger partial charge >= 0.3 is 0 Å². The largest absolute Gasteiger partial charge is 0.507 e. The highest BCUT2D eigenvalue weighted by atomic mass is 16.5. The normalized spacial score (nSPS) is 25.9. The highest BCUT2D eigenvalue weighted by Crippen LogP contribution is 2.62. The van der Waals surface area contributed by atoms with Gasteiger partial charge in [0.25, 0.3) is 0 Å². The minimum atomic E-state index is 0.141. The van der Waals surface area contributed by atoms with Crippen LogP contribution in [0, 0.1) is 24.7 Å². The maximum Gasteiger partial charge on any atom is 0.128 e. The zero-order valence-corrected chi connectivity index (χ0v) is 22.3. The van der Waals surface area contributed by atoms with Gasteiger partial charge in [-0.2, -0.15) is 0 Å². The number of phenolic OH excluding ortho intramolecular Hbond substituents is 1. The predicted octanol–water partition coefficient (Wildman–Crippen LogP) is 8.75. The van der Waals surface area contributed by atoms with Crippen LogP contribution in [0.1, 0.15) is 55.2 Å². The number of phenols is 1. The SMILES string of the molecule is COc1ccc2ccccc2c1-c1ccccc1N=Cc1cc(C)cc(C23CC4CC(CC(C4)C2)C3)c1O. The number of para-hydroxylation sites is 1. The van der Waals surface area contributed by atoms with Crippen molar-refractivity contribution in [1.29, 1.82) is 0 Å². The average molecular weight is 502 g/mol. The quantitative estimate of drug-likeness (QED) is 0.278. The number of nitrogens with zero attached hydrogens (tertiary/aromatic N) is 1. The van der Waals surface area contributed by atoms with Gasteiger partial charge in [-0.3, -0.25) is 4.99 Å². The van der Waals surface area contributed by atoms with Gasteiger partial charge in [0.05, 0.1) is 12.8 Å². The molecule has 3 nitrogen and oxygen atoms in total. The number of rotatable bonds is 5. The summed E-state index contributed by atoms with van der Waals surface area (Å²) < 4.78 is 5.80. The molecule has 4 aromatic carbocycles. The van der Waals surface area contributed by atoms with Gasteiger partial charge in [-0.05, 0) is 103 Å². The molecule has 4 aliphatic rings. The second-order valence-electron chi connectivity index (χ2n) is 12.1. The number of aromatic hydroxyl groups is 1. The van der Waals surface area contributed by atoms with E-state index >= 15 is 0 Å². The van der Waals surface area contributed by atoms with Crippen molar-refractivity contribution in [1.82, 2.24) is 0 Å². The Bertz CT molecular complexity index is 1530. The average Bonchev–Trinajstić information content (AvgIpc) is 2.92. The van der Waals surface area contributed by atoms with E-state index in [-0.39, 0.29) is 5.41 Å². The van der Waals surface area contributed by atoms with Crippen molar-refractivity contribution < 1.29 is 9.84 Å². The number of fused-ring (bicyclic) bond motifs is 1. The van der Waals surface area contributed by atoms with Crippen molar-refractivity contribution in [3.8, 4) is 22.6 Å². The van der Waals surface area contributed by atoms with Crippen molar-refractivity contribution >= 4 is 22.7 Å². The summed E-state index contributed by atoms with van der Waals surface area (Å²) in [6.45, 7) is 2.15. The lowest BCUT2D eigenvalue weighted by atomic mass is 9.48. The fourth-order valence-electron chi connectivity index (χ4n) is 8.39. The van der Waals surface area contributed by atoms with Crippen LogP contribution >= 0.6 is 0 Å². The lowest BCUT2D eigenvalue weighted by Crippen LogP contribution is -2.48. The van der Waals surface area contributed by atoms with E-state index in [0.717, 1.165) is 51.3 Å². The van der Waals surface area contributed by atoms with Crippen LogP contribution in [0.2, 0.25) is 0 Å². The number of aryl methyl sites for hydroxylation is 1. The molecule has 0 atom stereocenters. The van der Waals surface area contributed by atoms with Crippen LogP contribution in [0.15, 0.2) is 77.8 Å². The summed E-state index contributed by atoms with van der Waals surface area (Å²) in [6, 6.07) is 25.1. The Hall–Kier alpha value is -3.59. The van der Waals surface area contributed by atoms with Crippen LogP contribution in [0.3, 0.4) is 0 Å². The Labute approximate surface area is 225 Å².